The van der Waals surface area contributed by atoms with Gasteiger partial charge in [0.05, 0.1) is 0 Å². The molecule has 0 aliphatic carbocycles. The molecule has 0 aliphatic heterocycles. The summed E-state index contributed by atoms with van der Waals surface area (Å²) in [6.45, 7) is 2.25. The van der Waals surface area contributed by atoms with Crippen LogP contribution in [0, 0.1) is 0 Å². The second-order valence-corrected chi connectivity index (χ2v) is 5.78. The molecule has 0 fully saturated rings. The highest BCUT2D eigenvalue weighted by Crippen LogP contribution is 2.16. The van der Waals surface area contributed by atoms with E-state index in [4.69, 9.17) is 9.57 Å². The normalized spacial score (nSPS) is 11.0. The molecule has 0 bridgehead atoms. The zero-order chi connectivity index (χ0) is 18.2. The Morgan fingerprint density at radius 1 is 0.923 bits per heavy atom. The van der Waals surface area contributed by atoms with Crippen LogP contribution in [0.2, 0.25) is 0 Å². The van der Waals surface area contributed by atoms with E-state index >= 15 is 0 Å². The zero-order valence-electron chi connectivity index (χ0n) is 14.5. The van der Waals surface area contributed by atoms with Crippen molar-refractivity contribution in [3.8, 4) is 5.75 Å². The van der Waals surface area contributed by atoms with Crippen molar-refractivity contribution in [2.24, 2.45) is 0 Å². The van der Waals surface area contributed by atoms with E-state index in [1.807, 2.05) is 60.7 Å². The fourth-order valence-corrected chi connectivity index (χ4v) is 2.32. The highest BCUT2D eigenvalue weighted by atomic mass is 16.7. The van der Waals surface area contributed by atoms with Gasteiger partial charge in [-0.2, -0.15) is 4.84 Å². The first-order valence-electron chi connectivity index (χ1n) is 8.35. The van der Waals surface area contributed by atoms with Gasteiger partial charge in [-0.25, -0.2) is 4.79 Å². The largest absolute Gasteiger partial charge is 0.489 e. The van der Waals surface area contributed by atoms with Crippen LogP contribution in [0.25, 0.3) is 6.08 Å². The Hall–Kier alpha value is -3.40. The van der Waals surface area contributed by atoms with Crippen LogP contribution in [0.4, 0.5) is 0 Å². The smallest absolute Gasteiger partial charge is 0.406 e. The second kappa shape index (κ2) is 8.62. The average molecular weight is 346 g/mol. The lowest BCUT2D eigenvalue weighted by molar-refractivity contribution is -0.869. The van der Waals surface area contributed by atoms with E-state index < -0.39 is 5.97 Å². The number of hydrogen-bond donors (Lipinski definition) is 0. The third kappa shape index (κ3) is 5.05. The first kappa shape index (κ1) is 17.4. The fraction of sp³-hybridized carbons (Fsp3) is 0.0909. The number of rotatable bonds is 6. The molecule has 0 spiro atoms. The summed E-state index contributed by atoms with van der Waals surface area (Å²) in [6, 6.07) is 23.0. The summed E-state index contributed by atoms with van der Waals surface area (Å²) in [6.07, 6.45) is 5.13. The van der Waals surface area contributed by atoms with Gasteiger partial charge in [-0.15, -0.1) is 0 Å². The summed E-state index contributed by atoms with van der Waals surface area (Å²) >= 11 is 0. The lowest BCUT2D eigenvalue weighted by Gasteiger charge is -2.06. The number of carbonyl (C=O) groups is 1. The SMILES string of the molecule is CC(=Cc1ccc(OCc2ccccc2)cc1)C(=O)O[n+]1ccccc1. The summed E-state index contributed by atoms with van der Waals surface area (Å²) < 4.78 is 7.14. The van der Waals surface area contributed by atoms with Gasteiger partial charge in [0.2, 0.25) is 12.4 Å². The van der Waals surface area contributed by atoms with E-state index in [-0.39, 0.29) is 0 Å². The summed E-state index contributed by atoms with van der Waals surface area (Å²) in [5.41, 5.74) is 2.54. The lowest BCUT2D eigenvalue weighted by atomic mass is 10.1. The zero-order valence-corrected chi connectivity index (χ0v) is 14.5. The maximum atomic E-state index is 12.1. The summed E-state index contributed by atoms with van der Waals surface area (Å²) in [5, 5.41) is 0. The van der Waals surface area contributed by atoms with Crippen LogP contribution in [0.15, 0.2) is 90.8 Å². The number of benzene rings is 2. The second-order valence-electron chi connectivity index (χ2n) is 5.78. The summed E-state index contributed by atoms with van der Waals surface area (Å²) in [7, 11) is 0. The number of aromatic nitrogens is 1. The van der Waals surface area contributed by atoms with Gasteiger partial charge in [0.15, 0.2) is 0 Å². The molecule has 3 rings (SSSR count). The molecule has 1 heterocycles. The quantitative estimate of drug-likeness (QED) is 0.506. The van der Waals surface area contributed by atoms with E-state index in [9.17, 15) is 4.79 Å². The Morgan fingerprint density at radius 2 is 1.58 bits per heavy atom. The van der Waals surface area contributed by atoms with Crippen LogP contribution in [0.5, 0.6) is 5.75 Å². The number of pyridine rings is 1. The Balaban J connectivity index is 1.59. The predicted octanol–water partition coefficient (Wildman–Crippen LogP) is 3.61. The van der Waals surface area contributed by atoms with Crippen molar-refractivity contribution >= 4 is 12.0 Å². The molecule has 26 heavy (non-hydrogen) atoms. The minimum Gasteiger partial charge on any atom is -0.489 e. The van der Waals surface area contributed by atoms with E-state index in [0.29, 0.717) is 12.2 Å². The van der Waals surface area contributed by atoms with Crippen LogP contribution < -0.4 is 14.3 Å². The number of hydrogen-bond acceptors (Lipinski definition) is 3. The van der Waals surface area contributed by atoms with E-state index in [1.54, 1.807) is 37.5 Å². The van der Waals surface area contributed by atoms with Crippen LogP contribution in [-0.4, -0.2) is 5.97 Å². The Morgan fingerprint density at radius 3 is 2.27 bits per heavy atom. The Bertz CT molecular complexity index is 872. The molecule has 0 N–H and O–H groups in total. The maximum Gasteiger partial charge on any atom is 0.406 e. The fourth-order valence-electron chi connectivity index (χ4n) is 2.32. The maximum absolute atomic E-state index is 12.1. The van der Waals surface area contributed by atoms with Gasteiger partial charge in [-0.1, -0.05) is 48.5 Å². The molecule has 3 aromatic rings. The van der Waals surface area contributed by atoms with Gasteiger partial charge in [-0.3, -0.25) is 0 Å². The molecule has 1 aromatic heterocycles. The van der Waals surface area contributed by atoms with Gasteiger partial charge < -0.3 is 4.74 Å². The van der Waals surface area contributed by atoms with Gasteiger partial charge in [0.25, 0.3) is 0 Å². The molecular formula is C22H20NO3+. The molecule has 0 aliphatic rings. The third-order valence-electron chi connectivity index (χ3n) is 3.71. The minimum absolute atomic E-state index is 0.398. The van der Waals surface area contributed by atoms with Crippen molar-refractivity contribution in [2.45, 2.75) is 13.5 Å². The number of carbonyl (C=O) groups excluding carboxylic acids is 1. The predicted molar refractivity (Wildman–Crippen MR) is 99.1 cm³/mol. The van der Waals surface area contributed by atoms with E-state index in [1.165, 1.54) is 4.73 Å². The Labute approximate surface area is 152 Å². The van der Waals surface area contributed by atoms with Crippen LogP contribution >= 0.6 is 0 Å². The molecule has 0 saturated carbocycles. The molecule has 4 heteroatoms. The molecule has 130 valence electrons. The van der Waals surface area contributed by atoms with E-state index in [0.717, 1.165) is 16.9 Å². The molecular weight excluding hydrogens is 326 g/mol. The van der Waals surface area contributed by atoms with Crippen molar-refractivity contribution < 1.29 is 19.1 Å². The van der Waals surface area contributed by atoms with Crippen molar-refractivity contribution in [2.75, 3.05) is 0 Å². The van der Waals surface area contributed by atoms with Gasteiger partial charge in [0.1, 0.15) is 12.4 Å². The third-order valence-corrected chi connectivity index (χ3v) is 3.71. The van der Waals surface area contributed by atoms with Crippen LogP contribution in [0.1, 0.15) is 18.1 Å². The summed E-state index contributed by atoms with van der Waals surface area (Å²) in [5.74, 6) is 0.386. The van der Waals surface area contributed by atoms with Crippen molar-refractivity contribution in [1.29, 1.82) is 0 Å². The van der Waals surface area contributed by atoms with E-state index in [2.05, 4.69) is 0 Å². The molecule has 0 radical (unpaired) electrons. The standard InChI is InChI=1S/C22H20NO3/c1-18(22(24)26-23-14-6-3-7-15-23)16-19-10-12-21(13-11-19)25-17-20-8-4-2-5-9-20/h2-16H,17H2,1H3/q+1. The highest BCUT2D eigenvalue weighted by Gasteiger charge is 2.12. The number of nitrogens with zero attached hydrogens (tertiary/aromatic N) is 1. The monoisotopic (exact) mass is 346 g/mol. The van der Waals surface area contributed by atoms with Crippen molar-refractivity contribution in [3.05, 3.63) is 102 Å². The molecule has 0 atom stereocenters. The molecule has 0 unspecified atom stereocenters. The first-order chi connectivity index (χ1) is 12.7. The van der Waals surface area contributed by atoms with Gasteiger partial charge in [0, 0.05) is 22.4 Å². The minimum atomic E-state index is -0.398. The van der Waals surface area contributed by atoms with Gasteiger partial charge in [-0.05, 0) is 36.3 Å². The summed E-state index contributed by atoms with van der Waals surface area (Å²) in [4.78, 5) is 17.4. The lowest BCUT2D eigenvalue weighted by Crippen LogP contribution is -2.45. The Kier molecular flexibility index (Phi) is 5.78. The van der Waals surface area contributed by atoms with Crippen molar-refractivity contribution in [3.63, 3.8) is 0 Å². The number of ether oxygens (including phenoxy) is 1. The molecule has 4 nitrogen and oxygen atoms in total. The first-order valence-corrected chi connectivity index (χ1v) is 8.35. The topological polar surface area (TPSA) is 39.4 Å². The van der Waals surface area contributed by atoms with Crippen molar-refractivity contribution in [1.82, 2.24) is 0 Å². The van der Waals surface area contributed by atoms with Gasteiger partial charge >= 0.3 is 5.97 Å². The highest BCUT2D eigenvalue weighted by molar-refractivity contribution is 5.92. The van der Waals surface area contributed by atoms with Crippen LogP contribution in [-0.2, 0) is 11.4 Å². The van der Waals surface area contributed by atoms with Crippen LogP contribution in [0.3, 0.4) is 0 Å². The molecule has 0 amide bonds. The molecule has 2 aromatic carbocycles. The average Bonchev–Trinajstić information content (AvgIpc) is 2.69. The molecule has 0 saturated heterocycles.